The summed E-state index contributed by atoms with van der Waals surface area (Å²) in [6.07, 6.45) is 0. The molecular weight excluding hydrogens is 326 g/mol. The summed E-state index contributed by atoms with van der Waals surface area (Å²) in [4.78, 5) is 21.5. The Morgan fingerprint density at radius 3 is 2.46 bits per heavy atom. The Hall–Kier alpha value is -2.82. The van der Waals surface area contributed by atoms with Crippen molar-refractivity contribution in [2.45, 2.75) is 20.8 Å². The summed E-state index contributed by atoms with van der Waals surface area (Å²) in [5.74, 6) is 2.14. The van der Waals surface area contributed by atoms with E-state index in [0.717, 1.165) is 30.2 Å². The van der Waals surface area contributed by atoms with E-state index in [1.165, 1.54) is 16.5 Å². The van der Waals surface area contributed by atoms with Gasteiger partial charge in [0.15, 0.2) is 5.76 Å². The van der Waals surface area contributed by atoms with E-state index in [0.29, 0.717) is 18.8 Å². The average Bonchev–Trinajstić information content (AvgIpc) is 3.08. The van der Waals surface area contributed by atoms with E-state index < -0.39 is 0 Å². The van der Waals surface area contributed by atoms with E-state index in [-0.39, 0.29) is 5.91 Å². The second-order valence-corrected chi connectivity index (χ2v) is 6.96. The molecule has 3 aromatic rings. The fraction of sp³-hybridized carbons (Fsp3) is 0.333. The molecule has 0 N–H and O–H groups in total. The van der Waals surface area contributed by atoms with Gasteiger partial charge in [-0.05, 0) is 50.1 Å². The summed E-state index contributed by atoms with van der Waals surface area (Å²) in [7, 11) is 0. The number of para-hydroxylation sites is 1. The number of fused-ring (bicyclic) bond motifs is 1. The van der Waals surface area contributed by atoms with Crippen molar-refractivity contribution in [2.24, 2.45) is 0 Å². The maximum Gasteiger partial charge on any atom is 0.289 e. The molecule has 5 heteroatoms. The van der Waals surface area contributed by atoms with Gasteiger partial charge < -0.3 is 14.2 Å². The third-order valence-electron chi connectivity index (χ3n) is 5.08. The third kappa shape index (κ3) is 2.94. The summed E-state index contributed by atoms with van der Waals surface area (Å²) in [6, 6.07) is 12.0. The minimum atomic E-state index is -0.0313. The summed E-state index contributed by atoms with van der Waals surface area (Å²) >= 11 is 0. The van der Waals surface area contributed by atoms with Crippen LogP contribution in [0, 0.1) is 20.8 Å². The number of aromatic nitrogens is 1. The van der Waals surface area contributed by atoms with Crippen molar-refractivity contribution >= 4 is 22.6 Å². The van der Waals surface area contributed by atoms with Crippen LogP contribution in [0.3, 0.4) is 0 Å². The number of furan rings is 1. The molecule has 0 radical (unpaired) electrons. The summed E-state index contributed by atoms with van der Waals surface area (Å²) in [6.45, 7) is 8.97. The molecule has 2 aromatic heterocycles. The van der Waals surface area contributed by atoms with Gasteiger partial charge in [0.2, 0.25) is 0 Å². The first-order valence-corrected chi connectivity index (χ1v) is 9.00. The highest BCUT2D eigenvalue weighted by atomic mass is 16.3. The fourth-order valence-corrected chi connectivity index (χ4v) is 3.55. The number of anilines is 1. The minimum absolute atomic E-state index is 0.0313. The van der Waals surface area contributed by atoms with Crippen LogP contribution in [-0.2, 0) is 0 Å². The monoisotopic (exact) mass is 349 g/mol. The lowest BCUT2D eigenvalue weighted by Crippen LogP contribution is -2.49. The number of piperazine rings is 1. The Balaban J connectivity index is 1.52. The summed E-state index contributed by atoms with van der Waals surface area (Å²) in [5.41, 5.74) is 3.49. The number of nitrogens with zero attached hydrogens (tertiary/aromatic N) is 3. The SMILES string of the molecule is Cc1ccc(C(=O)N2CCN(c3cc(C)c4cccc(C)c4n3)CC2)o1. The molecule has 26 heavy (non-hydrogen) atoms. The summed E-state index contributed by atoms with van der Waals surface area (Å²) in [5, 5.41) is 1.20. The van der Waals surface area contributed by atoms with Crippen molar-refractivity contribution in [1.29, 1.82) is 0 Å². The molecule has 1 saturated heterocycles. The van der Waals surface area contributed by atoms with Crippen LogP contribution in [0.2, 0.25) is 0 Å². The van der Waals surface area contributed by atoms with Crippen molar-refractivity contribution in [1.82, 2.24) is 9.88 Å². The quantitative estimate of drug-likeness (QED) is 0.708. The number of carbonyl (C=O) groups is 1. The highest BCUT2D eigenvalue weighted by molar-refractivity contribution is 5.91. The number of hydrogen-bond acceptors (Lipinski definition) is 4. The second-order valence-electron chi connectivity index (χ2n) is 6.96. The van der Waals surface area contributed by atoms with Crippen molar-refractivity contribution in [3.63, 3.8) is 0 Å². The number of hydrogen-bond donors (Lipinski definition) is 0. The van der Waals surface area contributed by atoms with Gasteiger partial charge in [0, 0.05) is 31.6 Å². The Labute approximate surface area is 153 Å². The van der Waals surface area contributed by atoms with Gasteiger partial charge in [-0.3, -0.25) is 4.79 Å². The van der Waals surface area contributed by atoms with E-state index in [2.05, 4.69) is 43.0 Å². The van der Waals surface area contributed by atoms with Gasteiger partial charge in [-0.25, -0.2) is 4.98 Å². The number of amides is 1. The van der Waals surface area contributed by atoms with Crippen LogP contribution in [0.15, 0.2) is 40.8 Å². The number of aryl methyl sites for hydroxylation is 3. The molecule has 0 unspecified atom stereocenters. The van der Waals surface area contributed by atoms with Crippen molar-refractivity contribution in [2.75, 3.05) is 31.1 Å². The predicted octanol–water partition coefficient (Wildman–Crippen LogP) is 3.72. The van der Waals surface area contributed by atoms with E-state index >= 15 is 0 Å². The Bertz CT molecular complexity index is 969. The van der Waals surface area contributed by atoms with Gasteiger partial charge in [-0.2, -0.15) is 0 Å². The Morgan fingerprint density at radius 1 is 1.00 bits per heavy atom. The van der Waals surface area contributed by atoms with Gasteiger partial charge in [-0.15, -0.1) is 0 Å². The zero-order valence-corrected chi connectivity index (χ0v) is 15.5. The standard InChI is InChI=1S/C21H23N3O2/c1-14-5-4-6-17-15(2)13-19(22-20(14)17)23-9-11-24(12-10-23)21(25)18-8-7-16(3)26-18/h4-8,13H,9-12H2,1-3H3. The molecule has 0 atom stereocenters. The smallest absolute Gasteiger partial charge is 0.289 e. The van der Waals surface area contributed by atoms with Crippen molar-refractivity contribution in [3.8, 4) is 0 Å². The zero-order chi connectivity index (χ0) is 18.3. The van der Waals surface area contributed by atoms with Crippen LogP contribution in [0.4, 0.5) is 5.82 Å². The molecule has 0 bridgehead atoms. The molecule has 5 nitrogen and oxygen atoms in total. The topological polar surface area (TPSA) is 49.6 Å². The van der Waals surface area contributed by atoms with E-state index in [4.69, 9.17) is 9.40 Å². The molecule has 4 rings (SSSR count). The summed E-state index contributed by atoms with van der Waals surface area (Å²) < 4.78 is 5.47. The molecule has 1 aliphatic rings. The zero-order valence-electron chi connectivity index (χ0n) is 15.5. The second kappa shape index (κ2) is 6.48. The molecule has 0 spiro atoms. The molecule has 1 fully saturated rings. The van der Waals surface area contributed by atoms with Crippen LogP contribution in [0.5, 0.6) is 0 Å². The van der Waals surface area contributed by atoms with Crippen molar-refractivity contribution < 1.29 is 9.21 Å². The number of pyridine rings is 1. The van der Waals surface area contributed by atoms with E-state index in [9.17, 15) is 4.79 Å². The lowest BCUT2D eigenvalue weighted by Gasteiger charge is -2.35. The Kier molecular flexibility index (Phi) is 4.15. The van der Waals surface area contributed by atoms with Crippen LogP contribution < -0.4 is 4.90 Å². The van der Waals surface area contributed by atoms with Crippen molar-refractivity contribution in [3.05, 3.63) is 59.0 Å². The lowest BCUT2D eigenvalue weighted by atomic mass is 10.1. The van der Waals surface area contributed by atoms with Crippen LogP contribution in [0.25, 0.3) is 10.9 Å². The van der Waals surface area contributed by atoms with Gasteiger partial charge in [0.05, 0.1) is 5.52 Å². The molecule has 1 amide bonds. The highest BCUT2D eigenvalue weighted by Gasteiger charge is 2.25. The molecule has 1 aromatic carbocycles. The molecule has 134 valence electrons. The molecule has 0 aliphatic carbocycles. The maximum absolute atomic E-state index is 12.5. The first-order valence-electron chi connectivity index (χ1n) is 9.00. The largest absolute Gasteiger partial charge is 0.456 e. The number of carbonyl (C=O) groups excluding carboxylic acids is 1. The van der Waals surface area contributed by atoms with Gasteiger partial charge >= 0.3 is 0 Å². The van der Waals surface area contributed by atoms with Crippen LogP contribution in [-0.4, -0.2) is 42.0 Å². The number of rotatable bonds is 2. The normalized spacial score (nSPS) is 14.9. The lowest BCUT2D eigenvalue weighted by molar-refractivity contribution is 0.0713. The highest BCUT2D eigenvalue weighted by Crippen LogP contribution is 2.25. The maximum atomic E-state index is 12.5. The van der Waals surface area contributed by atoms with Gasteiger partial charge in [0.25, 0.3) is 5.91 Å². The van der Waals surface area contributed by atoms with Crippen LogP contribution in [0.1, 0.15) is 27.4 Å². The first kappa shape index (κ1) is 16.6. The molecule has 3 heterocycles. The van der Waals surface area contributed by atoms with Crippen LogP contribution >= 0.6 is 0 Å². The fourth-order valence-electron chi connectivity index (χ4n) is 3.55. The third-order valence-corrected chi connectivity index (χ3v) is 5.08. The molecule has 1 aliphatic heterocycles. The molecule has 0 saturated carbocycles. The average molecular weight is 349 g/mol. The number of benzene rings is 1. The predicted molar refractivity (Wildman–Crippen MR) is 103 cm³/mol. The Morgan fingerprint density at radius 2 is 1.77 bits per heavy atom. The van der Waals surface area contributed by atoms with Gasteiger partial charge in [0.1, 0.15) is 11.6 Å². The minimum Gasteiger partial charge on any atom is -0.456 e. The van der Waals surface area contributed by atoms with E-state index in [1.54, 1.807) is 6.07 Å². The van der Waals surface area contributed by atoms with Gasteiger partial charge in [-0.1, -0.05) is 18.2 Å². The molecular formula is C21H23N3O2. The van der Waals surface area contributed by atoms with E-state index in [1.807, 2.05) is 17.9 Å². The first-order chi connectivity index (χ1) is 12.5.